The highest BCUT2D eigenvalue weighted by Crippen LogP contribution is 2.21. The first kappa shape index (κ1) is 13.2. The number of hydrogen-bond acceptors (Lipinski definition) is 3. The van der Waals surface area contributed by atoms with Crippen molar-refractivity contribution >= 4 is 17.2 Å². The minimum Gasteiger partial charge on any atom is -0.387 e. The number of amidine groups is 1. The lowest BCUT2D eigenvalue weighted by Gasteiger charge is -2.22. The second kappa shape index (κ2) is 6.01. The van der Waals surface area contributed by atoms with E-state index < -0.39 is 0 Å². The molecule has 0 bridgehead atoms. The van der Waals surface area contributed by atoms with Crippen molar-refractivity contribution in [3.63, 3.8) is 0 Å². The third kappa shape index (κ3) is 4.33. The molecule has 0 saturated heterocycles. The average Bonchev–Trinajstić information content (AvgIpc) is 2.69. The fourth-order valence-corrected chi connectivity index (χ4v) is 1.96. The molecule has 0 unspecified atom stereocenters. The summed E-state index contributed by atoms with van der Waals surface area (Å²) in [6.07, 6.45) is 1.84. The van der Waals surface area contributed by atoms with Crippen LogP contribution in [0, 0.1) is 10.8 Å². The van der Waals surface area contributed by atoms with Crippen molar-refractivity contribution in [3.05, 3.63) is 22.4 Å². The zero-order valence-corrected chi connectivity index (χ0v) is 10.8. The molecule has 1 aromatic rings. The zero-order chi connectivity index (χ0) is 12.0. The standard InChI is InChI=1S/C12H20N2OS/c1-12(2,11(13)14)6-4-7-15-9-10-5-3-8-16-10/h3,5,8H,4,6-7,9H2,1-2H3,(H3,13,14). The Kier molecular flexibility index (Phi) is 4.96. The molecule has 0 amide bonds. The Morgan fingerprint density at radius 2 is 2.31 bits per heavy atom. The molecule has 0 saturated carbocycles. The van der Waals surface area contributed by atoms with Gasteiger partial charge in [0.05, 0.1) is 12.4 Å². The molecule has 0 aliphatic carbocycles. The molecular formula is C12H20N2OS. The molecule has 1 aromatic heterocycles. The van der Waals surface area contributed by atoms with Crippen LogP contribution in [0.15, 0.2) is 17.5 Å². The van der Waals surface area contributed by atoms with Gasteiger partial charge in [0.15, 0.2) is 0 Å². The lowest BCUT2D eigenvalue weighted by Crippen LogP contribution is -2.30. The number of hydrogen-bond donors (Lipinski definition) is 2. The van der Waals surface area contributed by atoms with E-state index >= 15 is 0 Å². The Balaban J connectivity index is 2.10. The summed E-state index contributed by atoms with van der Waals surface area (Å²) in [6, 6.07) is 4.10. The fraction of sp³-hybridized carbons (Fsp3) is 0.583. The second-order valence-corrected chi connectivity index (χ2v) is 5.57. The number of thiophene rings is 1. The molecule has 0 spiro atoms. The molecule has 1 heterocycles. The summed E-state index contributed by atoms with van der Waals surface area (Å²) >= 11 is 1.71. The van der Waals surface area contributed by atoms with Crippen LogP contribution in [0.5, 0.6) is 0 Å². The number of rotatable bonds is 7. The molecular weight excluding hydrogens is 220 g/mol. The Bertz CT molecular complexity index is 320. The van der Waals surface area contributed by atoms with Crippen LogP contribution in [-0.2, 0) is 11.3 Å². The maximum Gasteiger partial charge on any atom is 0.0963 e. The van der Waals surface area contributed by atoms with E-state index in [1.165, 1.54) is 4.88 Å². The minimum atomic E-state index is -0.202. The Hall–Kier alpha value is -0.870. The molecule has 0 aliphatic heterocycles. The molecule has 3 N–H and O–H groups in total. The summed E-state index contributed by atoms with van der Waals surface area (Å²) in [4.78, 5) is 1.26. The summed E-state index contributed by atoms with van der Waals surface area (Å²) in [5.74, 6) is 0.255. The van der Waals surface area contributed by atoms with Gasteiger partial charge in [-0.3, -0.25) is 5.41 Å². The zero-order valence-electron chi connectivity index (χ0n) is 9.95. The van der Waals surface area contributed by atoms with Gasteiger partial charge in [-0.2, -0.15) is 0 Å². The molecule has 0 aromatic carbocycles. The van der Waals surface area contributed by atoms with Gasteiger partial charge >= 0.3 is 0 Å². The van der Waals surface area contributed by atoms with Crippen LogP contribution < -0.4 is 5.73 Å². The Labute approximate surface area is 101 Å². The molecule has 0 atom stereocenters. The predicted octanol–water partition coefficient (Wildman–Crippen LogP) is 3.01. The minimum absolute atomic E-state index is 0.202. The van der Waals surface area contributed by atoms with Crippen molar-refractivity contribution in [1.29, 1.82) is 5.41 Å². The maximum absolute atomic E-state index is 7.43. The van der Waals surface area contributed by atoms with Crippen LogP contribution in [0.25, 0.3) is 0 Å². The summed E-state index contributed by atoms with van der Waals surface area (Å²) in [5.41, 5.74) is 5.30. The van der Waals surface area contributed by atoms with Crippen molar-refractivity contribution in [3.8, 4) is 0 Å². The number of ether oxygens (including phenoxy) is 1. The van der Waals surface area contributed by atoms with Gasteiger partial charge in [-0.25, -0.2) is 0 Å². The molecule has 90 valence electrons. The third-order valence-electron chi connectivity index (χ3n) is 2.64. The maximum atomic E-state index is 7.43. The van der Waals surface area contributed by atoms with E-state index in [0.29, 0.717) is 6.61 Å². The fourth-order valence-electron chi connectivity index (χ4n) is 1.32. The van der Waals surface area contributed by atoms with E-state index in [4.69, 9.17) is 15.9 Å². The normalized spacial score (nSPS) is 11.6. The highest BCUT2D eigenvalue weighted by atomic mass is 32.1. The first-order valence-corrected chi connectivity index (χ1v) is 6.35. The lowest BCUT2D eigenvalue weighted by molar-refractivity contribution is 0.114. The van der Waals surface area contributed by atoms with E-state index in [-0.39, 0.29) is 11.3 Å². The van der Waals surface area contributed by atoms with Gasteiger partial charge in [0.25, 0.3) is 0 Å². The molecule has 0 fully saturated rings. The molecule has 1 rings (SSSR count). The van der Waals surface area contributed by atoms with E-state index in [9.17, 15) is 0 Å². The van der Waals surface area contributed by atoms with Gasteiger partial charge in [0, 0.05) is 16.9 Å². The highest BCUT2D eigenvalue weighted by Gasteiger charge is 2.20. The Morgan fingerprint density at radius 1 is 1.56 bits per heavy atom. The van der Waals surface area contributed by atoms with E-state index in [1.54, 1.807) is 11.3 Å². The lowest BCUT2D eigenvalue weighted by atomic mass is 9.87. The largest absolute Gasteiger partial charge is 0.387 e. The highest BCUT2D eigenvalue weighted by molar-refractivity contribution is 7.09. The average molecular weight is 240 g/mol. The molecule has 4 heteroatoms. The second-order valence-electron chi connectivity index (χ2n) is 4.53. The van der Waals surface area contributed by atoms with Crippen molar-refractivity contribution in [1.82, 2.24) is 0 Å². The molecule has 3 nitrogen and oxygen atoms in total. The van der Waals surface area contributed by atoms with Gasteiger partial charge < -0.3 is 10.5 Å². The van der Waals surface area contributed by atoms with Crippen LogP contribution in [-0.4, -0.2) is 12.4 Å². The third-order valence-corrected chi connectivity index (χ3v) is 3.49. The quantitative estimate of drug-likeness (QED) is 0.437. The van der Waals surface area contributed by atoms with Crippen LogP contribution in [0.1, 0.15) is 31.6 Å². The summed E-state index contributed by atoms with van der Waals surface area (Å²) < 4.78 is 5.55. The van der Waals surface area contributed by atoms with Gasteiger partial charge in [0.1, 0.15) is 0 Å². The van der Waals surface area contributed by atoms with Crippen LogP contribution in [0.2, 0.25) is 0 Å². The van der Waals surface area contributed by atoms with E-state index in [2.05, 4.69) is 11.4 Å². The first-order chi connectivity index (χ1) is 7.52. The van der Waals surface area contributed by atoms with Crippen molar-refractivity contribution in [2.45, 2.75) is 33.3 Å². The molecule has 16 heavy (non-hydrogen) atoms. The topological polar surface area (TPSA) is 59.1 Å². The SMILES string of the molecule is CC(C)(CCCOCc1cccs1)C(=N)N. The smallest absolute Gasteiger partial charge is 0.0963 e. The summed E-state index contributed by atoms with van der Waals surface area (Å²) in [6.45, 7) is 5.41. The van der Waals surface area contributed by atoms with Crippen LogP contribution in [0.3, 0.4) is 0 Å². The monoisotopic (exact) mass is 240 g/mol. The van der Waals surface area contributed by atoms with Gasteiger partial charge in [0.2, 0.25) is 0 Å². The van der Waals surface area contributed by atoms with E-state index in [1.807, 2.05) is 19.9 Å². The molecule has 0 aliphatic rings. The first-order valence-electron chi connectivity index (χ1n) is 5.47. The Morgan fingerprint density at radius 3 is 2.88 bits per heavy atom. The van der Waals surface area contributed by atoms with Gasteiger partial charge in [-0.1, -0.05) is 19.9 Å². The van der Waals surface area contributed by atoms with Gasteiger partial charge in [-0.15, -0.1) is 11.3 Å². The van der Waals surface area contributed by atoms with Crippen LogP contribution in [0.4, 0.5) is 0 Å². The molecule has 0 radical (unpaired) electrons. The van der Waals surface area contributed by atoms with E-state index in [0.717, 1.165) is 19.4 Å². The van der Waals surface area contributed by atoms with Crippen LogP contribution >= 0.6 is 11.3 Å². The summed E-state index contributed by atoms with van der Waals surface area (Å²) in [5, 5.41) is 9.48. The van der Waals surface area contributed by atoms with Crippen molar-refractivity contribution in [2.24, 2.45) is 11.1 Å². The predicted molar refractivity (Wildman–Crippen MR) is 68.9 cm³/mol. The number of nitrogens with two attached hydrogens (primary N) is 1. The number of nitrogens with one attached hydrogen (secondary N) is 1. The van der Waals surface area contributed by atoms with Crippen molar-refractivity contribution < 1.29 is 4.74 Å². The van der Waals surface area contributed by atoms with Gasteiger partial charge in [-0.05, 0) is 24.3 Å². The summed E-state index contributed by atoms with van der Waals surface area (Å²) in [7, 11) is 0. The van der Waals surface area contributed by atoms with Crippen molar-refractivity contribution in [2.75, 3.05) is 6.61 Å².